The first kappa shape index (κ1) is 15.8. The lowest BCUT2D eigenvalue weighted by Gasteiger charge is -2.36. The summed E-state index contributed by atoms with van der Waals surface area (Å²) >= 11 is 0. The minimum Gasteiger partial charge on any atom is -0.478 e. The zero-order valence-corrected chi connectivity index (χ0v) is 13.2. The predicted molar refractivity (Wildman–Crippen MR) is 84.1 cm³/mol. The SMILES string of the molecule is CCCc1cc(C(=O)O)cc(N(C)C2CCCN(C)C2)n1. The van der Waals surface area contributed by atoms with Crippen molar-refractivity contribution in [3.63, 3.8) is 0 Å². The molecule has 0 spiro atoms. The molecule has 5 nitrogen and oxygen atoms in total. The number of likely N-dealkylation sites (tertiary alicyclic amines) is 1. The number of carboxylic acids is 1. The number of likely N-dealkylation sites (N-methyl/N-ethyl adjacent to an activating group) is 2. The molecule has 2 heterocycles. The molecule has 0 amide bonds. The molecule has 1 aliphatic rings. The van der Waals surface area contributed by atoms with Gasteiger partial charge in [0.05, 0.1) is 5.56 Å². The van der Waals surface area contributed by atoms with Crippen LogP contribution >= 0.6 is 0 Å². The van der Waals surface area contributed by atoms with E-state index in [4.69, 9.17) is 0 Å². The van der Waals surface area contributed by atoms with Gasteiger partial charge in [-0.15, -0.1) is 0 Å². The highest BCUT2D eigenvalue weighted by molar-refractivity contribution is 5.88. The average molecular weight is 291 g/mol. The smallest absolute Gasteiger partial charge is 0.335 e. The summed E-state index contributed by atoms with van der Waals surface area (Å²) in [4.78, 5) is 20.4. The molecule has 0 radical (unpaired) electrons. The molecular formula is C16H25N3O2. The number of carbonyl (C=O) groups is 1. The van der Waals surface area contributed by atoms with Crippen LogP contribution in [0.15, 0.2) is 12.1 Å². The molecule has 1 aromatic heterocycles. The van der Waals surface area contributed by atoms with Crippen molar-refractivity contribution >= 4 is 11.8 Å². The number of pyridine rings is 1. The van der Waals surface area contributed by atoms with Crippen molar-refractivity contribution in [2.75, 3.05) is 32.1 Å². The Kier molecular flexibility index (Phi) is 5.17. The van der Waals surface area contributed by atoms with E-state index in [1.165, 1.54) is 6.42 Å². The molecule has 116 valence electrons. The fraction of sp³-hybridized carbons (Fsp3) is 0.625. The number of aryl methyl sites for hydroxylation is 1. The molecule has 1 aliphatic heterocycles. The van der Waals surface area contributed by atoms with Crippen molar-refractivity contribution in [2.24, 2.45) is 0 Å². The molecule has 1 fully saturated rings. The van der Waals surface area contributed by atoms with Gasteiger partial charge in [-0.1, -0.05) is 13.3 Å². The van der Waals surface area contributed by atoms with E-state index in [0.717, 1.165) is 43.9 Å². The lowest BCUT2D eigenvalue weighted by molar-refractivity contribution is 0.0696. The third kappa shape index (κ3) is 3.94. The molecule has 0 aliphatic carbocycles. The van der Waals surface area contributed by atoms with E-state index in [-0.39, 0.29) is 0 Å². The van der Waals surface area contributed by atoms with Crippen LogP contribution in [0.2, 0.25) is 0 Å². The average Bonchev–Trinajstić information content (AvgIpc) is 2.46. The van der Waals surface area contributed by atoms with Gasteiger partial charge in [-0.2, -0.15) is 0 Å². The van der Waals surface area contributed by atoms with Crippen LogP contribution in [0.25, 0.3) is 0 Å². The maximum atomic E-state index is 11.3. The van der Waals surface area contributed by atoms with E-state index in [9.17, 15) is 9.90 Å². The number of hydrogen-bond donors (Lipinski definition) is 1. The Balaban J connectivity index is 2.26. The number of aromatic carboxylic acids is 1. The molecule has 2 rings (SSSR count). The largest absolute Gasteiger partial charge is 0.478 e. The molecule has 1 aromatic rings. The minimum absolute atomic E-state index is 0.333. The number of piperidine rings is 1. The Morgan fingerprint density at radius 2 is 2.29 bits per heavy atom. The van der Waals surface area contributed by atoms with E-state index in [2.05, 4.69) is 28.8 Å². The third-order valence-corrected chi connectivity index (χ3v) is 4.13. The second kappa shape index (κ2) is 6.89. The first-order chi connectivity index (χ1) is 10.0. The monoisotopic (exact) mass is 291 g/mol. The first-order valence-electron chi connectivity index (χ1n) is 7.67. The third-order valence-electron chi connectivity index (χ3n) is 4.13. The van der Waals surface area contributed by atoms with Crippen LogP contribution in [-0.2, 0) is 6.42 Å². The van der Waals surface area contributed by atoms with Gasteiger partial charge in [0.1, 0.15) is 5.82 Å². The summed E-state index contributed by atoms with van der Waals surface area (Å²) in [6, 6.07) is 3.78. The summed E-state index contributed by atoms with van der Waals surface area (Å²) < 4.78 is 0. The summed E-state index contributed by atoms with van der Waals surface area (Å²) in [7, 11) is 4.15. The molecule has 1 saturated heterocycles. The van der Waals surface area contributed by atoms with Gasteiger partial charge in [-0.3, -0.25) is 0 Å². The number of carboxylic acid groups (broad SMARTS) is 1. The molecule has 0 saturated carbocycles. The van der Waals surface area contributed by atoms with Crippen molar-refractivity contribution in [1.82, 2.24) is 9.88 Å². The maximum absolute atomic E-state index is 11.3. The number of hydrogen-bond acceptors (Lipinski definition) is 4. The number of rotatable bonds is 5. The molecule has 5 heteroatoms. The van der Waals surface area contributed by atoms with E-state index in [0.29, 0.717) is 11.6 Å². The van der Waals surface area contributed by atoms with Crippen LogP contribution in [0.3, 0.4) is 0 Å². The van der Waals surface area contributed by atoms with Gasteiger partial charge in [0, 0.05) is 25.3 Å². The van der Waals surface area contributed by atoms with Crippen LogP contribution < -0.4 is 4.90 Å². The molecular weight excluding hydrogens is 266 g/mol. The second-order valence-corrected chi connectivity index (χ2v) is 5.93. The molecule has 0 aromatic carbocycles. The summed E-state index contributed by atoms with van der Waals surface area (Å²) in [5.74, 6) is -0.108. The topological polar surface area (TPSA) is 56.7 Å². The van der Waals surface area contributed by atoms with Gasteiger partial charge in [-0.25, -0.2) is 9.78 Å². The van der Waals surface area contributed by atoms with Gasteiger partial charge in [0.25, 0.3) is 0 Å². The highest BCUT2D eigenvalue weighted by Crippen LogP contribution is 2.21. The van der Waals surface area contributed by atoms with Crippen molar-refractivity contribution < 1.29 is 9.90 Å². The zero-order valence-electron chi connectivity index (χ0n) is 13.2. The highest BCUT2D eigenvalue weighted by Gasteiger charge is 2.23. The lowest BCUT2D eigenvalue weighted by atomic mass is 10.0. The fourth-order valence-electron chi connectivity index (χ4n) is 2.90. The Morgan fingerprint density at radius 3 is 2.90 bits per heavy atom. The van der Waals surface area contributed by atoms with Crippen molar-refractivity contribution in [3.8, 4) is 0 Å². The van der Waals surface area contributed by atoms with E-state index in [1.54, 1.807) is 12.1 Å². The van der Waals surface area contributed by atoms with Crippen LogP contribution in [0.1, 0.15) is 42.2 Å². The predicted octanol–water partition coefficient (Wildman–Crippen LogP) is 2.26. The standard InChI is InChI=1S/C16H25N3O2/c1-4-6-13-9-12(16(20)21)10-15(17-13)19(3)14-7-5-8-18(2)11-14/h9-10,14H,4-8,11H2,1-3H3,(H,20,21). The van der Waals surface area contributed by atoms with Crippen LogP contribution in [0.5, 0.6) is 0 Å². The quantitative estimate of drug-likeness (QED) is 0.902. The summed E-state index contributed by atoms with van der Waals surface area (Å²) in [5, 5.41) is 9.28. The second-order valence-electron chi connectivity index (χ2n) is 5.93. The number of nitrogens with zero attached hydrogens (tertiary/aromatic N) is 3. The number of anilines is 1. The van der Waals surface area contributed by atoms with Gasteiger partial charge in [-0.05, 0) is 45.0 Å². The fourth-order valence-corrected chi connectivity index (χ4v) is 2.90. The Labute approximate surface area is 126 Å². The van der Waals surface area contributed by atoms with Crippen LogP contribution in [-0.4, -0.2) is 54.2 Å². The maximum Gasteiger partial charge on any atom is 0.335 e. The molecule has 1 N–H and O–H groups in total. The molecule has 1 atom stereocenters. The Hall–Kier alpha value is -1.62. The van der Waals surface area contributed by atoms with Gasteiger partial charge in [0.15, 0.2) is 0 Å². The number of aromatic nitrogens is 1. The van der Waals surface area contributed by atoms with E-state index in [1.807, 2.05) is 7.05 Å². The van der Waals surface area contributed by atoms with Crippen LogP contribution in [0, 0.1) is 0 Å². The zero-order chi connectivity index (χ0) is 15.4. The summed E-state index contributed by atoms with van der Waals surface area (Å²) in [6.45, 7) is 4.21. The minimum atomic E-state index is -0.884. The first-order valence-corrected chi connectivity index (χ1v) is 7.67. The Bertz CT molecular complexity index is 504. The van der Waals surface area contributed by atoms with Gasteiger partial charge >= 0.3 is 5.97 Å². The lowest BCUT2D eigenvalue weighted by Crippen LogP contribution is -2.45. The summed E-state index contributed by atoms with van der Waals surface area (Å²) in [6.07, 6.45) is 4.08. The van der Waals surface area contributed by atoms with E-state index < -0.39 is 5.97 Å². The summed E-state index contributed by atoms with van der Waals surface area (Å²) in [5.41, 5.74) is 1.20. The van der Waals surface area contributed by atoms with E-state index >= 15 is 0 Å². The van der Waals surface area contributed by atoms with Gasteiger partial charge < -0.3 is 14.9 Å². The van der Waals surface area contributed by atoms with Crippen molar-refractivity contribution in [1.29, 1.82) is 0 Å². The Morgan fingerprint density at radius 1 is 1.52 bits per heavy atom. The van der Waals surface area contributed by atoms with Gasteiger partial charge in [0.2, 0.25) is 0 Å². The van der Waals surface area contributed by atoms with Crippen molar-refractivity contribution in [2.45, 2.75) is 38.6 Å². The van der Waals surface area contributed by atoms with Crippen molar-refractivity contribution in [3.05, 3.63) is 23.4 Å². The van der Waals surface area contributed by atoms with Crippen LogP contribution in [0.4, 0.5) is 5.82 Å². The normalized spacial score (nSPS) is 19.5. The molecule has 0 bridgehead atoms. The highest BCUT2D eigenvalue weighted by atomic mass is 16.4. The molecule has 1 unspecified atom stereocenters. The molecule has 21 heavy (non-hydrogen) atoms.